The summed E-state index contributed by atoms with van der Waals surface area (Å²) in [5, 5.41) is 0.806. The van der Waals surface area contributed by atoms with Crippen molar-refractivity contribution in [1.29, 1.82) is 0 Å². The Morgan fingerprint density at radius 1 is 1.00 bits per heavy atom. The summed E-state index contributed by atoms with van der Waals surface area (Å²) in [7, 11) is 0. The van der Waals surface area contributed by atoms with Crippen LogP contribution in [-0.2, 0) is 6.54 Å². The second-order valence-electron chi connectivity index (χ2n) is 4.49. The van der Waals surface area contributed by atoms with E-state index in [9.17, 15) is 4.79 Å². The highest BCUT2D eigenvalue weighted by Crippen LogP contribution is 2.11. The topological polar surface area (TPSA) is 22.0 Å². The summed E-state index contributed by atoms with van der Waals surface area (Å²) >= 11 is 5.65. The number of hydrogen-bond acceptors (Lipinski definition) is 1. The predicted molar refractivity (Wildman–Crippen MR) is 77.4 cm³/mol. The number of rotatable bonds is 6. The molecule has 0 saturated heterocycles. The molecule has 0 spiro atoms. The molecular formula is C15H18ClNO. The number of para-hydroxylation sites is 1. The van der Waals surface area contributed by atoms with Gasteiger partial charge in [0.05, 0.1) is 5.52 Å². The Balaban J connectivity index is 2.09. The quantitative estimate of drug-likeness (QED) is 0.574. The van der Waals surface area contributed by atoms with E-state index in [4.69, 9.17) is 11.6 Å². The number of alkyl halides is 1. The van der Waals surface area contributed by atoms with Crippen molar-refractivity contribution in [3.63, 3.8) is 0 Å². The number of aromatic nitrogens is 1. The van der Waals surface area contributed by atoms with Gasteiger partial charge in [-0.1, -0.05) is 25.0 Å². The molecule has 0 aliphatic carbocycles. The third-order valence-corrected chi connectivity index (χ3v) is 3.43. The van der Waals surface area contributed by atoms with Crippen LogP contribution in [0, 0.1) is 0 Å². The van der Waals surface area contributed by atoms with E-state index in [0.717, 1.165) is 36.2 Å². The molecular weight excluding hydrogens is 246 g/mol. The first-order chi connectivity index (χ1) is 8.83. The van der Waals surface area contributed by atoms with Gasteiger partial charge in [0, 0.05) is 30.1 Å². The van der Waals surface area contributed by atoms with Gasteiger partial charge in [0.2, 0.25) is 0 Å². The Bertz CT molecular complexity index is 562. The Kier molecular flexibility index (Phi) is 4.82. The molecule has 96 valence electrons. The van der Waals surface area contributed by atoms with E-state index in [1.807, 2.05) is 30.5 Å². The normalized spacial score (nSPS) is 10.9. The summed E-state index contributed by atoms with van der Waals surface area (Å²) < 4.78 is 2.16. The summed E-state index contributed by atoms with van der Waals surface area (Å²) in [5.74, 6) is 0.751. The number of halogens is 1. The molecule has 2 rings (SSSR count). The van der Waals surface area contributed by atoms with Gasteiger partial charge in [0.25, 0.3) is 0 Å². The minimum Gasteiger partial charge on any atom is -0.347 e. The van der Waals surface area contributed by atoms with Crippen LogP contribution in [0.1, 0.15) is 25.7 Å². The first-order valence-electron chi connectivity index (χ1n) is 6.47. The highest BCUT2D eigenvalue weighted by molar-refractivity contribution is 6.17. The minimum atomic E-state index is 0.101. The number of aryl methyl sites for hydroxylation is 1. The molecule has 18 heavy (non-hydrogen) atoms. The van der Waals surface area contributed by atoms with Gasteiger partial charge in [-0.05, 0) is 25.0 Å². The molecule has 0 fully saturated rings. The van der Waals surface area contributed by atoms with Gasteiger partial charge in [0.1, 0.15) is 0 Å². The maximum Gasteiger partial charge on any atom is 0.189 e. The third-order valence-electron chi connectivity index (χ3n) is 3.17. The van der Waals surface area contributed by atoms with Gasteiger partial charge in [-0.25, -0.2) is 0 Å². The number of benzene rings is 1. The lowest BCUT2D eigenvalue weighted by molar-refractivity contribution is 0.592. The molecule has 1 aromatic heterocycles. The summed E-state index contributed by atoms with van der Waals surface area (Å²) in [6, 6.07) is 9.44. The summed E-state index contributed by atoms with van der Waals surface area (Å²) in [5.41, 5.74) is 1.13. The van der Waals surface area contributed by atoms with E-state index in [1.165, 1.54) is 12.8 Å². The molecule has 2 nitrogen and oxygen atoms in total. The average Bonchev–Trinajstić information content (AvgIpc) is 2.41. The van der Waals surface area contributed by atoms with Crippen molar-refractivity contribution >= 4 is 22.5 Å². The number of pyridine rings is 1. The summed E-state index contributed by atoms with van der Waals surface area (Å²) in [6.45, 7) is 0.961. The van der Waals surface area contributed by atoms with Crippen molar-refractivity contribution in [3.8, 4) is 0 Å². The highest BCUT2D eigenvalue weighted by Gasteiger charge is 2.01. The van der Waals surface area contributed by atoms with Crippen LogP contribution in [0.15, 0.2) is 41.3 Å². The fourth-order valence-electron chi connectivity index (χ4n) is 2.19. The smallest absolute Gasteiger partial charge is 0.189 e. The van der Waals surface area contributed by atoms with Crippen LogP contribution in [0.4, 0.5) is 0 Å². The molecule has 2 aromatic rings. The fourth-order valence-corrected chi connectivity index (χ4v) is 2.37. The lowest BCUT2D eigenvalue weighted by Gasteiger charge is -2.10. The van der Waals surface area contributed by atoms with E-state index in [2.05, 4.69) is 4.57 Å². The van der Waals surface area contributed by atoms with Crippen LogP contribution in [0.5, 0.6) is 0 Å². The highest BCUT2D eigenvalue weighted by atomic mass is 35.5. The molecule has 3 heteroatoms. The molecule has 0 saturated carbocycles. The standard InChI is InChI=1S/C15H18ClNO/c16-10-5-1-2-6-11-17-12-9-15(18)13-7-3-4-8-14(13)17/h3-4,7-9,12H,1-2,5-6,10-11H2. The zero-order valence-electron chi connectivity index (χ0n) is 10.4. The molecule has 1 heterocycles. The molecule has 1 aromatic carbocycles. The van der Waals surface area contributed by atoms with Crippen molar-refractivity contribution in [1.82, 2.24) is 4.57 Å². The van der Waals surface area contributed by atoms with Crippen molar-refractivity contribution in [2.24, 2.45) is 0 Å². The fraction of sp³-hybridized carbons (Fsp3) is 0.400. The molecule has 0 aliphatic rings. The van der Waals surface area contributed by atoms with Crippen LogP contribution in [0.25, 0.3) is 10.9 Å². The third kappa shape index (κ3) is 3.14. The predicted octanol–water partition coefficient (Wildman–Crippen LogP) is 3.80. The van der Waals surface area contributed by atoms with Crippen LogP contribution in [-0.4, -0.2) is 10.4 Å². The largest absolute Gasteiger partial charge is 0.347 e. The molecule has 0 atom stereocenters. The van der Waals surface area contributed by atoms with Crippen LogP contribution in [0.3, 0.4) is 0 Å². The van der Waals surface area contributed by atoms with Crippen molar-refractivity contribution in [2.75, 3.05) is 5.88 Å². The maximum atomic E-state index is 11.7. The van der Waals surface area contributed by atoms with Gasteiger partial charge < -0.3 is 4.57 Å². The summed E-state index contributed by atoms with van der Waals surface area (Å²) in [6.07, 6.45) is 6.48. The van der Waals surface area contributed by atoms with Crippen molar-refractivity contribution < 1.29 is 0 Å². The van der Waals surface area contributed by atoms with Gasteiger partial charge in [0.15, 0.2) is 5.43 Å². The Hall–Kier alpha value is -1.28. The van der Waals surface area contributed by atoms with Gasteiger partial charge >= 0.3 is 0 Å². The van der Waals surface area contributed by atoms with Crippen LogP contribution in [0.2, 0.25) is 0 Å². The zero-order chi connectivity index (χ0) is 12.8. The number of nitrogens with zero attached hydrogens (tertiary/aromatic N) is 1. The second-order valence-corrected chi connectivity index (χ2v) is 4.87. The van der Waals surface area contributed by atoms with Crippen LogP contribution >= 0.6 is 11.6 Å². The molecule has 0 unspecified atom stereocenters. The van der Waals surface area contributed by atoms with E-state index >= 15 is 0 Å². The monoisotopic (exact) mass is 263 g/mol. The SMILES string of the molecule is O=c1ccn(CCCCCCCl)c2ccccc12. The van der Waals surface area contributed by atoms with Gasteiger partial charge in [-0.15, -0.1) is 11.6 Å². The van der Waals surface area contributed by atoms with Crippen LogP contribution < -0.4 is 5.43 Å². The molecule has 0 aliphatic heterocycles. The first-order valence-corrected chi connectivity index (χ1v) is 7.00. The van der Waals surface area contributed by atoms with E-state index < -0.39 is 0 Å². The van der Waals surface area contributed by atoms with Gasteiger partial charge in [-0.2, -0.15) is 0 Å². The lowest BCUT2D eigenvalue weighted by Crippen LogP contribution is -2.08. The summed E-state index contributed by atoms with van der Waals surface area (Å²) in [4.78, 5) is 11.7. The zero-order valence-corrected chi connectivity index (χ0v) is 11.2. The number of hydrogen-bond donors (Lipinski definition) is 0. The maximum absolute atomic E-state index is 11.7. The van der Waals surface area contributed by atoms with Gasteiger partial charge in [-0.3, -0.25) is 4.79 Å². The lowest BCUT2D eigenvalue weighted by atomic mass is 10.2. The molecule has 0 radical (unpaired) electrons. The average molecular weight is 264 g/mol. The number of fused-ring (bicyclic) bond motifs is 1. The molecule has 0 N–H and O–H groups in total. The van der Waals surface area contributed by atoms with Crippen molar-refractivity contribution in [3.05, 3.63) is 46.8 Å². The van der Waals surface area contributed by atoms with E-state index in [1.54, 1.807) is 6.07 Å². The van der Waals surface area contributed by atoms with E-state index in [0.29, 0.717) is 0 Å². The molecule has 0 amide bonds. The first kappa shape index (κ1) is 13.2. The molecule has 0 bridgehead atoms. The van der Waals surface area contributed by atoms with E-state index in [-0.39, 0.29) is 5.43 Å². The van der Waals surface area contributed by atoms with Crippen molar-refractivity contribution in [2.45, 2.75) is 32.2 Å². The Morgan fingerprint density at radius 3 is 2.61 bits per heavy atom. The second kappa shape index (κ2) is 6.60. The Labute approximate surface area is 112 Å². The Morgan fingerprint density at radius 2 is 1.78 bits per heavy atom. The number of unbranched alkanes of at least 4 members (excludes halogenated alkanes) is 3. The minimum absolute atomic E-state index is 0.101.